The SMILES string of the molecule is COCCNC(=O)C[C@H](c1ccccc1[N+](=O)[O-])c1c[nH]c2ccc(OC)cc12. The number of aromatic nitrogens is 1. The van der Waals surface area contributed by atoms with Gasteiger partial charge in [-0.3, -0.25) is 14.9 Å². The Bertz CT molecular complexity index is 1010. The molecule has 29 heavy (non-hydrogen) atoms. The predicted octanol–water partition coefficient (Wildman–Crippen LogP) is 3.37. The summed E-state index contributed by atoms with van der Waals surface area (Å²) in [5.41, 5.74) is 2.14. The molecule has 3 aromatic rings. The molecule has 0 bridgehead atoms. The number of fused-ring (bicyclic) bond motifs is 1. The van der Waals surface area contributed by atoms with Gasteiger partial charge in [-0.1, -0.05) is 18.2 Å². The zero-order valence-electron chi connectivity index (χ0n) is 16.3. The number of H-pyrrole nitrogens is 1. The molecule has 1 heterocycles. The van der Waals surface area contributed by atoms with E-state index in [-0.39, 0.29) is 18.0 Å². The number of benzene rings is 2. The highest BCUT2D eigenvalue weighted by molar-refractivity contribution is 5.87. The number of nitrogens with zero attached hydrogens (tertiary/aromatic N) is 1. The molecule has 2 aromatic carbocycles. The number of nitro groups is 1. The second kappa shape index (κ2) is 9.20. The summed E-state index contributed by atoms with van der Waals surface area (Å²) in [5.74, 6) is -0.0355. The third-order valence-electron chi connectivity index (χ3n) is 4.82. The van der Waals surface area contributed by atoms with Crippen LogP contribution in [0, 0.1) is 10.1 Å². The zero-order chi connectivity index (χ0) is 20.8. The van der Waals surface area contributed by atoms with Gasteiger partial charge < -0.3 is 19.8 Å². The Hall–Kier alpha value is -3.39. The number of carbonyl (C=O) groups excluding carboxylic acids is 1. The first-order chi connectivity index (χ1) is 14.0. The molecule has 0 spiro atoms. The molecule has 0 aliphatic heterocycles. The van der Waals surface area contributed by atoms with Gasteiger partial charge in [0.25, 0.3) is 5.69 Å². The first kappa shape index (κ1) is 20.3. The molecule has 3 rings (SSSR count). The lowest BCUT2D eigenvalue weighted by atomic mass is 9.87. The molecule has 0 aliphatic carbocycles. The lowest BCUT2D eigenvalue weighted by Crippen LogP contribution is -2.28. The van der Waals surface area contributed by atoms with E-state index in [2.05, 4.69) is 10.3 Å². The highest BCUT2D eigenvalue weighted by atomic mass is 16.6. The Morgan fingerprint density at radius 2 is 2.00 bits per heavy atom. The zero-order valence-corrected chi connectivity index (χ0v) is 16.3. The largest absolute Gasteiger partial charge is 0.497 e. The van der Waals surface area contributed by atoms with E-state index in [0.29, 0.717) is 24.5 Å². The van der Waals surface area contributed by atoms with Crippen LogP contribution < -0.4 is 10.1 Å². The van der Waals surface area contributed by atoms with Gasteiger partial charge in [-0.2, -0.15) is 0 Å². The first-order valence-electron chi connectivity index (χ1n) is 9.19. The monoisotopic (exact) mass is 397 g/mol. The molecule has 1 amide bonds. The molecule has 0 fully saturated rings. The average Bonchev–Trinajstić information content (AvgIpc) is 3.15. The molecule has 152 valence electrons. The Morgan fingerprint density at radius 1 is 1.21 bits per heavy atom. The van der Waals surface area contributed by atoms with E-state index in [1.54, 1.807) is 38.6 Å². The molecule has 0 unspecified atom stereocenters. The molecule has 0 saturated carbocycles. The lowest BCUT2D eigenvalue weighted by molar-refractivity contribution is -0.385. The van der Waals surface area contributed by atoms with E-state index in [0.717, 1.165) is 16.5 Å². The highest BCUT2D eigenvalue weighted by Crippen LogP contribution is 2.38. The number of rotatable bonds is 9. The number of nitro benzene ring substituents is 1. The summed E-state index contributed by atoms with van der Waals surface area (Å²) < 4.78 is 10.3. The second-order valence-corrected chi connectivity index (χ2v) is 6.57. The maximum absolute atomic E-state index is 12.6. The number of aromatic amines is 1. The third-order valence-corrected chi connectivity index (χ3v) is 4.82. The van der Waals surface area contributed by atoms with Crippen LogP contribution in [0.3, 0.4) is 0 Å². The molecular formula is C21H23N3O5. The molecular weight excluding hydrogens is 374 g/mol. The van der Waals surface area contributed by atoms with Crippen LogP contribution in [0.5, 0.6) is 5.75 Å². The van der Waals surface area contributed by atoms with E-state index >= 15 is 0 Å². The van der Waals surface area contributed by atoms with Crippen LogP contribution in [0.25, 0.3) is 10.9 Å². The van der Waals surface area contributed by atoms with Crippen molar-refractivity contribution in [3.05, 3.63) is 69.9 Å². The summed E-state index contributed by atoms with van der Waals surface area (Å²) in [6.45, 7) is 0.771. The van der Waals surface area contributed by atoms with E-state index < -0.39 is 10.8 Å². The lowest BCUT2D eigenvalue weighted by Gasteiger charge is -2.17. The number of amides is 1. The number of carbonyl (C=O) groups is 1. The van der Waals surface area contributed by atoms with Crippen molar-refractivity contribution in [1.29, 1.82) is 0 Å². The minimum atomic E-state index is -0.500. The fraction of sp³-hybridized carbons (Fsp3) is 0.286. The second-order valence-electron chi connectivity index (χ2n) is 6.57. The van der Waals surface area contributed by atoms with Gasteiger partial charge in [0.2, 0.25) is 5.91 Å². The minimum Gasteiger partial charge on any atom is -0.497 e. The van der Waals surface area contributed by atoms with Gasteiger partial charge in [0.05, 0.1) is 18.6 Å². The number of hydrogen-bond donors (Lipinski definition) is 2. The van der Waals surface area contributed by atoms with Crippen molar-refractivity contribution < 1.29 is 19.2 Å². The fourth-order valence-corrected chi connectivity index (χ4v) is 3.42. The van der Waals surface area contributed by atoms with Crippen LogP contribution in [0.1, 0.15) is 23.5 Å². The Kier molecular flexibility index (Phi) is 6.46. The minimum absolute atomic E-state index is 0.0144. The Morgan fingerprint density at radius 3 is 2.72 bits per heavy atom. The van der Waals surface area contributed by atoms with Crippen LogP contribution in [0.4, 0.5) is 5.69 Å². The highest BCUT2D eigenvalue weighted by Gasteiger charge is 2.27. The fourth-order valence-electron chi connectivity index (χ4n) is 3.42. The Balaban J connectivity index is 2.06. The molecule has 1 atom stereocenters. The molecule has 2 N–H and O–H groups in total. The van der Waals surface area contributed by atoms with Gasteiger partial charge in [-0.15, -0.1) is 0 Å². The van der Waals surface area contributed by atoms with Crippen LogP contribution in [-0.2, 0) is 9.53 Å². The van der Waals surface area contributed by atoms with E-state index in [1.807, 2.05) is 18.2 Å². The van der Waals surface area contributed by atoms with Crippen molar-refractivity contribution in [3.8, 4) is 5.75 Å². The number of para-hydroxylation sites is 1. The Labute approximate surface area is 168 Å². The molecule has 8 nitrogen and oxygen atoms in total. The molecule has 0 radical (unpaired) electrons. The maximum atomic E-state index is 12.6. The van der Waals surface area contributed by atoms with Crippen LogP contribution in [0.15, 0.2) is 48.7 Å². The molecule has 0 aliphatic rings. The summed E-state index contributed by atoms with van der Waals surface area (Å²) >= 11 is 0. The van der Waals surface area contributed by atoms with Gasteiger partial charge in [-0.05, 0) is 23.8 Å². The van der Waals surface area contributed by atoms with E-state index in [9.17, 15) is 14.9 Å². The smallest absolute Gasteiger partial charge is 0.273 e. The van der Waals surface area contributed by atoms with Crippen molar-refractivity contribution in [2.45, 2.75) is 12.3 Å². The summed E-state index contributed by atoms with van der Waals surface area (Å²) in [7, 11) is 3.14. The van der Waals surface area contributed by atoms with Gasteiger partial charge in [-0.25, -0.2) is 0 Å². The number of hydrogen-bond acceptors (Lipinski definition) is 5. The van der Waals surface area contributed by atoms with Crippen molar-refractivity contribution in [2.75, 3.05) is 27.4 Å². The topological polar surface area (TPSA) is 106 Å². The molecule has 1 aromatic heterocycles. The van der Waals surface area contributed by atoms with Crippen LogP contribution >= 0.6 is 0 Å². The number of methoxy groups -OCH3 is 2. The van der Waals surface area contributed by atoms with Crippen molar-refractivity contribution in [2.24, 2.45) is 0 Å². The number of nitrogens with one attached hydrogen (secondary N) is 2. The third kappa shape index (κ3) is 4.55. The summed E-state index contributed by atoms with van der Waals surface area (Å²) in [6, 6.07) is 12.1. The normalized spacial score (nSPS) is 11.9. The van der Waals surface area contributed by atoms with E-state index in [1.165, 1.54) is 6.07 Å². The van der Waals surface area contributed by atoms with Crippen molar-refractivity contribution in [3.63, 3.8) is 0 Å². The van der Waals surface area contributed by atoms with Crippen molar-refractivity contribution >= 4 is 22.5 Å². The van der Waals surface area contributed by atoms with Crippen LogP contribution in [0.2, 0.25) is 0 Å². The van der Waals surface area contributed by atoms with Gasteiger partial charge in [0.1, 0.15) is 5.75 Å². The first-order valence-corrected chi connectivity index (χ1v) is 9.19. The summed E-state index contributed by atoms with van der Waals surface area (Å²) in [4.78, 5) is 27.0. The average molecular weight is 397 g/mol. The quantitative estimate of drug-likeness (QED) is 0.327. The van der Waals surface area contributed by atoms with Gasteiger partial charge in [0, 0.05) is 54.7 Å². The molecule has 0 saturated heterocycles. The summed E-state index contributed by atoms with van der Waals surface area (Å²) in [6.07, 6.45) is 1.87. The van der Waals surface area contributed by atoms with Crippen molar-refractivity contribution in [1.82, 2.24) is 10.3 Å². The maximum Gasteiger partial charge on any atom is 0.273 e. The van der Waals surface area contributed by atoms with Crippen LogP contribution in [-0.4, -0.2) is 43.2 Å². The molecule has 8 heteroatoms. The predicted molar refractivity (Wildman–Crippen MR) is 109 cm³/mol. The van der Waals surface area contributed by atoms with Gasteiger partial charge >= 0.3 is 0 Å². The standard InChI is InChI=1S/C21H23N3O5/c1-28-10-9-22-21(25)12-16(15-5-3-4-6-20(15)24(26)27)18-13-23-19-8-7-14(29-2)11-17(18)19/h3-8,11,13,16,23H,9-10,12H2,1-2H3,(H,22,25)/t16-/m1/s1. The van der Waals surface area contributed by atoms with E-state index in [4.69, 9.17) is 9.47 Å². The number of ether oxygens (including phenoxy) is 2. The van der Waals surface area contributed by atoms with Gasteiger partial charge in [0.15, 0.2) is 0 Å². The summed E-state index contributed by atoms with van der Waals surface area (Å²) in [5, 5.41) is 15.3.